The summed E-state index contributed by atoms with van der Waals surface area (Å²) in [5.74, 6) is 0.461. The number of halogens is 1. The number of amides is 1. The number of methoxy groups -OCH3 is 1. The molecule has 23 heavy (non-hydrogen) atoms. The van der Waals surface area contributed by atoms with E-state index in [9.17, 15) is 4.79 Å². The number of hydrogen-bond acceptors (Lipinski definition) is 3. The van der Waals surface area contributed by atoms with Gasteiger partial charge < -0.3 is 15.8 Å². The van der Waals surface area contributed by atoms with Crippen molar-refractivity contribution in [1.29, 1.82) is 0 Å². The van der Waals surface area contributed by atoms with Crippen molar-refractivity contribution in [2.45, 2.75) is 19.5 Å². The molecule has 0 radical (unpaired) electrons. The minimum Gasteiger partial charge on any atom is -0.497 e. The summed E-state index contributed by atoms with van der Waals surface area (Å²) in [6.07, 6.45) is 0. The van der Waals surface area contributed by atoms with E-state index in [0.29, 0.717) is 6.54 Å². The van der Waals surface area contributed by atoms with Gasteiger partial charge in [0.25, 0.3) is 0 Å². The average molecular weight is 335 g/mol. The first kappa shape index (κ1) is 19.0. The molecule has 0 heterocycles. The summed E-state index contributed by atoms with van der Waals surface area (Å²) in [6, 6.07) is 17.0. The topological polar surface area (TPSA) is 64.3 Å². The lowest BCUT2D eigenvalue weighted by Gasteiger charge is -2.20. The van der Waals surface area contributed by atoms with E-state index in [-0.39, 0.29) is 30.3 Å². The zero-order valence-corrected chi connectivity index (χ0v) is 14.2. The molecule has 0 saturated carbocycles. The molecule has 0 saturated heterocycles. The molecule has 0 aliphatic heterocycles. The molecule has 0 aliphatic rings. The molecule has 3 N–H and O–H groups in total. The van der Waals surface area contributed by atoms with Gasteiger partial charge in [-0.3, -0.25) is 4.79 Å². The predicted octanol–water partition coefficient (Wildman–Crippen LogP) is 3.07. The Morgan fingerprint density at radius 1 is 1.13 bits per heavy atom. The molecule has 4 nitrogen and oxygen atoms in total. The molecular weight excluding hydrogens is 312 g/mol. The Labute approximate surface area is 143 Å². The second kappa shape index (κ2) is 9.18. The molecule has 5 heteroatoms. The molecule has 2 rings (SSSR count). The molecule has 0 aliphatic carbocycles. The Hall–Kier alpha value is -2.04. The van der Waals surface area contributed by atoms with Crippen LogP contribution in [0.15, 0.2) is 54.6 Å². The Morgan fingerprint density at radius 3 is 2.30 bits per heavy atom. The molecular formula is C18H23ClN2O2. The number of nitrogens with two attached hydrogens (primary N) is 1. The maximum atomic E-state index is 12.2. The number of carbonyl (C=O) groups is 1. The van der Waals surface area contributed by atoms with E-state index in [4.69, 9.17) is 10.5 Å². The van der Waals surface area contributed by atoms with Crippen molar-refractivity contribution >= 4 is 18.3 Å². The van der Waals surface area contributed by atoms with Crippen molar-refractivity contribution in [3.05, 3.63) is 65.7 Å². The van der Waals surface area contributed by atoms with Crippen molar-refractivity contribution in [3.63, 3.8) is 0 Å². The lowest BCUT2D eigenvalue weighted by Crippen LogP contribution is -2.35. The standard InChI is InChI=1S/C18H22N2O2.ClH/c1-13(17(19)15-6-4-3-5-7-15)18(21)20-12-14-8-10-16(22-2)11-9-14;/h3-11,13,17H,12,19H2,1-2H3,(H,20,21);1H. The predicted molar refractivity (Wildman–Crippen MR) is 94.6 cm³/mol. The van der Waals surface area contributed by atoms with E-state index in [0.717, 1.165) is 16.9 Å². The van der Waals surface area contributed by atoms with Crippen LogP contribution in [0.1, 0.15) is 24.1 Å². The van der Waals surface area contributed by atoms with E-state index < -0.39 is 0 Å². The number of benzene rings is 2. The molecule has 2 aromatic rings. The highest BCUT2D eigenvalue weighted by atomic mass is 35.5. The largest absolute Gasteiger partial charge is 0.497 e. The number of rotatable bonds is 6. The molecule has 2 unspecified atom stereocenters. The van der Waals surface area contributed by atoms with E-state index in [1.54, 1.807) is 7.11 Å². The Morgan fingerprint density at radius 2 is 1.74 bits per heavy atom. The molecule has 1 amide bonds. The monoisotopic (exact) mass is 334 g/mol. The fraction of sp³-hybridized carbons (Fsp3) is 0.278. The van der Waals surface area contributed by atoms with Crippen LogP contribution >= 0.6 is 12.4 Å². The van der Waals surface area contributed by atoms with Gasteiger partial charge in [-0.25, -0.2) is 0 Å². The fourth-order valence-electron chi connectivity index (χ4n) is 2.22. The summed E-state index contributed by atoms with van der Waals surface area (Å²) in [5, 5.41) is 2.93. The quantitative estimate of drug-likeness (QED) is 0.853. The second-order valence-corrected chi connectivity index (χ2v) is 5.29. The van der Waals surface area contributed by atoms with Crippen molar-refractivity contribution < 1.29 is 9.53 Å². The van der Waals surface area contributed by atoms with Crippen LogP contribution in [0.25, 0.3) is 0 Å². The lowest BCUT2D eigenvalue weighted by atomic mass is 9.94. The SMILES string of the molecule is COc1ccc(CNC(=O)C(C)C(N)c2ccccc2)cc1.Cl. The van der Waals surface area contributed by atoms with E-state index in [2.05, 4.69) is 5.32 Å². The second-order valence-electron chi connectivity index (χ2n) is 5.29. The Kier molecular flexibility index (Phi) is 7.59. The van der Waals surface area contributed by atoms with Gasteiger partial charge in [0.1, 0.15) is 5.75 Å². The minimum absolute atomic E-state index is 0. The van der Waals surface area contributed by atoms with Gasteiger partial charge in [-0.05, 0) is 23.3 Å². The Bertz CT molecular complexity index is 602. The zero-order valence-electron chi connectivity index (χ0n) is 13.4. The van der Waals surface area contributed by atoms with Crippen molar-refractivity contribution in [3.8, 4) is 5.75 Å². The van der Waals surface area contributed by atoms with Crippen molar-refractivity contribution in [2.75, 3.05) is 7.11 Å². The fourth-order valence-corrected chi connectivity index (χ4v) is 2.22. The first-order valence-corrected chi connectivity index (χ1v) is 7.33. The molecule has 0 spiro atoms. The van der Waals surface area contributed by atoms with Crippen LogP contribution in [0.3, 0.4) is 0 Å². The van der Waals surface area contributed by atoms with Crippen LogP contribution in [0.4, 0.5) is 0 Å². The Balaban J connectivity index is 0.00000264. The van der Waals surface area contributed by atoms with Gasteiger partial charge in [0.2, 0.25) is 5.91 Å². The maximum Gasteiger partial charge on any atom is 0.225 e. The molecule has 0 bridgehead atoms. The number of nitrogens with one attached hydrogen (secondary N) is 1. The number of carbonyl (C=O) groups excluding carboxylic acids is 1. The number of hydrogen-bond donors (Lipinski definition) is 2. The van der Waals surface area contributed by atoms with Crippen molar-refractivity contribution in [1.82, 2.24) is 5.32 Å². The maximum absolute atomic E-state index is 12.2. The van der Waals surface area contributed by atoms with Crippen molar-refractivity contribution in [2.24, 2.45) is 11.7 Å². The van der Waals surface area contributed by atoms with Crippen LogP contribution in [0.2, 0.25) is 0 Å². The summed E-state index contributed by atoms with van der Waals surface area (Å²) < 4.78 is 5.11. The van der Waals surface area contributed by atoms with Crippen LogP contribution < -0.4 is 15.8 Å². The summed E-state index contributed by atoms with van der Waals surface area (Å²) >= 11 is 0. The van der Waals surface area contributed by atoms with Gasteiger partial charge in [-0.1, -0.05) is 49.4 Å². The van der Waals surface area contributed by atoms with Crippen LogP contribution in [0.5, 0.6) is 5.75 Å². The first-order chi connectivity index (χ1) is 10.6. The third-order valence-electron chi connectivity index (χ3n) is 3.76. The normalized spacial score (nSPS) is 12.7. The number of ether oxygens (including phenoxy) is 1. The molecule has 2 atom stereocenters. The van der Waals surface area contributed by atoms with E-state index >= 15 is 0 Å². The highest BCUT2D eigenvalue weighted by molar-refractivity contribution is 5.85. The molecule has 124 valence electrons. The van der Waals surface area contributed by atoms with E-state index in [1.807, 2.05) is 61.5 Å². The summed E-state index contributed by atoms with van der Waals surface area (Å²) in [5.41, 5.74) is 8.16. The molecule has 0 aromatic heterocycles. The highest BCUT2D eigenvalue weighted by Gasteiger charge is 2.21. The first-order valence-electron chi connectivity index (χ1n) is 7.33. The third-order valence-corrected chi connectivity index (χ3v) is 3.76. The van der Waals surface area contributed by atoms with Crippen LogP contribution in [-0.2, 0) is 11.3 Å². The van der Waals surface area contributed by atoms with Crippen LogP contribution in [-0.4, -0.2) is 13.0 Å². The smallest absolute Gasteiger partial charge is 0.225 e. The summed E-state index contributed by atoms with van der Waals surface area (Å²) in [4.78, 5) is 12.2. The third kappa shape index (κ3) is 5.27. The van der Waals surface area contributed by atoms with Gasteiger partial charge in [0.05, 0.1) is 13.0 Å². The zero-order chi connectivity index (χ0) is 15.9. The van der Waals surface area contributed by atoms with Gasteiger partial charge in [0.15, 0.2) is 0 Å². The van der Waals surface area contributed by atoms with Gasteiger partial charge in [0, 0.05) is 12.6 Å². The summed E-state index contributed by atoms with van der Waals surface area (Å²) in [6.45, 7) is 2.33. The molecule has 2 aromatic carbocycles. The van der Waals surface area contributed by atoms with Gasteiger partial charge >= 0.3 is 0 Å². The summed E-state index contributed by atoms with van der Waals surface area (Å²) in [7, 11) is 1.63. The minimum atomic E-state index is -0.308. The lowest BCUT2D eigenvalue weighted by molar-refractivity contribution is -0.125. The van der Waals surface area contributed by atoms with Crippen LogP contribution in [0, 0.1) is 5.92 Å². The van der Waals surface area contributed by atoms with Gasteiger partial charge in [-0.2, -0.15) is 0 Å². The highest BCUT2D eigenvalue weighted by Crippen LogP contribution is 2.19. The average Bonchev–Trinajstić information content (AvgIpc) is 2.59. The molecule has 0 fully saturated rings. The van der Waals surface area contributed by atoms with E-state index in [1.165, 1.54) is 0 Å². The van der Waals surface area contributed by atoms with Gasteiger partial charge in [-0.15, -0.1) is 12.4 Å².